The lowest BCUT2D eigenvalue weighted by Gasteiger charge is -2.08. The maximum absolute atomic E-state index is 2.27. The van der Waals surface area contributed by atoms with E-state index in [1.807, 2.05) is 0 Å². The molecule has 11 rings (SSSR count). The molecule has 0 atom stereocenters. The van der Waals surface area contributed by atoms with Crippen LogP contribution in [0.4, 0.5) is 0 Å². The van der Waals surface area contributed by atoms with Crippen molar-refractivity contribution in [2.24, 2.45) is 0 Å². The Morgan fingerprint density at radius 3 is 0.696 bits per heavy atom. The smallest absolute Gasteiger partial charge is 0.0175 e. The van der Waals surface area contributed by atoms with Crippen LogP contribution in [0.2, 0.25) is 0 Å². The fourth-order valence-corrected chi connectivity index (χ4v) is 8.68. The highest BCUT2D eigenvalue weighted by Crippen LogP contribution is 2.32. The molecule has 0 radical (unpaired) electrons. The van der Waals surface area contributed by atoms with Crippen LogP contribution in [0.1, 0.15) is 16.7 Å². The van der Waals surface area contributed by atoms with Crippen LogP contribution in [-0.2, 0) is 0 Å². The fraction of sp³-hybridized carbons (Fsp3) is 0.0435. The van der Waals surface area contributed by atoms with Crippen molar-refractivity contribution in [1.29, 1.82) is 0 Å². The molecule has 0 N–H and O–H groups in total. The first-order valence-electron chi connectivity index (χ1n) is 23.8. The first kappa shape index (κ1) is 45.6. The summed E-state index contributed by atoms with van der Waals surface area (Å²) in [4.78, 5) is 0. The van der Waals surface area contributed by atoms with Gasteiger partial charge in [0.15, 0.2) is 0 Å². The highest BCUT2D eigenvalue weighted by molar-refractivity contribution is 5.78. The van der Waals surface area contributed by atoms with Crippen LogP contribution in [0, 0.1) is 20.8 Å². The van der Waals surface area contributed by atoms with Crippen molar-refractivity contribution in [2.75, 3.05) is 0 Å². The van der Waals surface area contributed by atoms with Crippen LogP contribution in [0.3, 0.4) is 0 Å². The zero-order valence-corrected chi connectivity index (χ0v) is 39.6. The Bertz CT molecular complexity index is 3280. The molecule has 11 aromatic rings. The zero-order valence-electron chi connectivity index (χ0n) is 39.6. The molecule has 0 saturated heterocycles. The van der Waals surface area contributed by atoms with E-state index >= 15 is 0 Å². The predicted octanol–water partition coefficient (Wildman–Crippen LogP) is 19.3. The summed E-state index contributed by atoms with van der Waals surface area (Å²) in [6.07, 6.45) is 0. The van der Waals surface area contributed by atoms with Gasteiger partial charge in [0.1, 0.15) is 0 Å². The van der Waals surface area contributed by atoms with E-state index in [1.165, 1.54) is 106 Å². The summed E-state index contributed by atoms with van der Waals surface area (Å²) in [5, 5.41) is 0. The average molecular weight is 885 g/mol. The average Bonchev–Trinajstić information content (AvgIpc) is 3.42. The molecule has 0 aliphatic carbocycles. The SMILES string of the molecule is Cc1cc(-c2ccccc2)cc(-c2ccccc2)c1.Cc1ccc(-c2cccc(-c3ccc(-c4ccccc4)cc3)c2)cc1.Cc1cccc(-c2cccc(-c3ccc(-c4ccccc4)cc3)c2)c1. The normalized spacial score (nSPS) is 10.5. The van der Waals surface area contributed by atoms with E-state index in [1.54, 1.807) is 0 Å². The van der Waals surface area contributed by atoms with Gasteiger partial charge in [-0.05, 0) is 134 Å². The van der Waals surface area contributed by atoms with Gasteiger partial charge in [0.25, 0.3) is 0 Å². The van der Waals surface area contributed by atoms with Crippen LogP contribution in [0.5, 0.6) is 0 Å². The van der Waals surface area contributed by atoms with Crippen molar-refractivity contribution < 1.29 is 0 Å². The van der Waals surface area contributed by atoms with Gasteiger partial charge in [0, 0.05) is 0 Å². The Morgan fingerprint density at radius 2 is 0.348 bits per heavy atom. The van der Waals surface area contributed by atoms with Crippen LogP contribution in [-0.4, -0.2) is 0 Å². The molecule has 332 valence electrons. The van der Waals surface area contributed by atoms with Crippen molar-refractivity contribution in [3.8, 4) is 89.0 Å². The summed E-state index contributed by atoms with van der Waals surface area (Å²) in [5.41, 5.74) is 24.0. The minimum atomic E-state index is 1.24. The van der Waals surface area contributed by atoms with E-state index in [-0.39, 0.29) is 0 Å². The topological polar surface area (TPSA) is 0 Å². The lowest BCUT2D eigenvalue weighted by molar-refractivity contribution is 1.46. The van der Waals surface area contributed by atoms with Crippen LogP contribution < -0.4 is 0 Å². The highest BCUT2D eigenvalue weighted by Gasteiger charge is 2.07. The van der Waals surface area contributed by atoms with Crippen LogP contribution in [0.25, 0.3) is 89.0 Å². The first-order valence-corrected chi connectivity index (χ1v) is 23.8. The van der Waals surface area contributed by atoms with E-state index in [4.69, 9.17) is 0 Å². The molecule has 0 saturated carbocycles. The quantitative estimate of drug-likeness (QED) is 0.143. The van der Waals surface area contributed by atoms with Gasteiger partial charge in [-0.1, -0.05) is 278 Å². The van der Waals surface area contributed by atoms with Crippen LogP contribution >= 0.6 is 0 Å². The van der Waals surface area contributed by atoms with Gasteiger partial charge in [-0.25, -0.2) is 0 Å². The number of aryl methyl sites for hydroxylation is 3. The molecule has 0 heterocycles. The van der Waals surface area contributed by atoms with E-state index in [0.29, 0.717) is 0 Å². The van der Waals surface area contributed by atoms with Crippen molar-refractivity contribution in [3.05, 3.63) is 302 Å². The molecular formula is C69H56. The van der Waals surface area contributed by atoms with E-state index in [2.05, 4.69) is 306 Å². The minimum absolute atomic E-state index is 1.24. The van der Waals surface area contributed by atoms with E-state index < -0.39 is 0 Å². The second-order valence-corrected chi connectivity index (χ2v) is 17.6. The summed E-state index contributed by atoms with van der Waals surface area (Å²) in [6, 6.07) is 101. The minimum Gasteiger partial charge on any atom is -0.0622 e. The van der Waals surface area contributed by atoms with E-state index in [9.17, 15) is 0 Å². The van der Waals surface area contributed by atoms with E-state index in [0.717, 1.165) is 0 Å². The van der Waals surface area contributed by atoms with Crippen molar-refractivity contribution in [2.45, 2.75) is 20.8 Å². The number of hydrogen-bond donors (Lipinski definition) is 0. The Labute approximate surface area is 409 Å². The number of rotatable bonds is 8. The van der Waals surface area contributed by atoms with Crippen molar-refractivity contribution >= 4 is 0 Å². The second kappa shape index (κ2) is 22.3. The number of hydrogen-bond acceptors (Lipinski definition) is 0. The lowest BCUT2D eigenvalue weighted by atomic mass is 9.96. The largest absolute Gasteiger partial charge is 0.0622 e. The lowest BCUT2D eigenvalue weighted by Crippen LogP contribution is -1.84. The Balaban J connectivity index is 0.000000130. The maximum atomic E-state index is 2.27. The third-order valence-corrected chi connectivity index (χ3v) is 12.4. The molecule has 0 amide bonds. The molecule has 0 aromatic heterocycles. The fourth-order valence-electron chi connectivity index (χ4n) is 8.68. The Hall–Kier alpha value is -8.58. The molecule has 0 spiro atoms. The second-order valence-electron chi connectivity index (χ2n) is 17.6. The standard InChI is InChI=1S/2C25H20.C19H16/c1-19-7-5-10-23(17-19)25-12-6-11-24(18-25)22-15-13-21(14-16-22)20-8-3-2-4-9-20;1-19-10-12-22(13-11-19)24-8-5-9-25(18-24)23-16-14-21(15-17-23)20-6-3-2-4-7-20;1-15-12-18(16-8-4-2-5-9-16)14-19(13-15)17-10-6-3-7-11-17/h2*2-18H,1H3;2-14H,1H3. The Morgan fingerprint density at radius 1 is 0.130 bits per heavy atom. The van der Waals surface area contributed by atoms with Crippen molar-refractivity contribution in [1.82, 2.24) is 0 Å². The molecule has 0 aliphatic rings. The molecule has 0 heteroatoms. The Kier molecular flexibility index (Phi) is 14.7. The number of benzene rings is 11. The highest BCUT2D eigenvalue weighted by atomic mass is 14.1. The van der Waals surface area contributed by atoms with Gasteiger partial charge in [-0.2, -0.15) is 0 Å². The summed E-state index contributed by atoms with van der Waals surface area (Å²) < 4.78 is 0. The molecule has 0 unspecified atom stereocenters. The third kappa shape index (κ3) is 12.1. The zero-order chi connectivity index (χ0) is 47.2. The third-order valence-electron chi connectivity index (χ3n) is 12.4. The van der Waals surface area contributed by atoms with Gasteiger partial charge in [-0.15, -0.1) is 0 Å². The molecule has 0 nitrogen and oxygen atoms in total. The van der Waals surface area contributed by atoms with Gasteiger partial charge >= 0.3 is 0 Å². The summed E-state index contributed by atoms with van der Waals surface area (Å²) in [6.45, 7) is 6.41. The summed E-state index contributed by atoms with van der Waals surface area (Å²) in [5.74, 6) is 0. The molecule has 0 aliphatic heterocycles. The van der Waals surface area contributed by atoms with Gasteiger partial charge < -0.3 is 0 Å². The predicted molar refractivity (Wildman–Crippen MR) is 297 cm³/mol. The first-order chi connectivity index (χ1) is 33.9. The van der Waals surface area contributed by atoms with Gasteiger partial charge in [0.2, 0.25) is 0 Å². The molecule has 11 aromatic carbocycles. The maximum Gasteiger partial charge on any atom is -0.0175 e. The van der Waals surface area contributed by atoms with Crippen molar-refractivity contribution in [3.63, 3.8) is 0 Å². The molecule has 0 bridgehead atoms. The van der Waals surface area contributed by atoms with Crippen LogP contribution in [0.15, 0.2) is 285 Å². The molecule has 0 fully saturated rings. The summed E-state index contributed by atoms with van der Waals surface area (Å²) in [7, 11) is 0. The monoisotopic (exact) mass is 884 g/mol. The van der Waals surface area contributed by atoms with Gasteiger partial charge in [-0.3, -0.25) is 0 Å². The van der Waals surface area contributed by atoms with Gasteiger partial charge in [0.05, 0.1) is 0 Å². The molecule has 69 heavy (non-hydrogen) atoms. The molecular weight excluding hydrogens is 829 g/mol. The summed E-state index contributed by atoms with van der Waals surface area (Å²) >= 11 is 0.